The summed E-state index contributed by atoms with van der Waals surface area (Å²) in [5, 5.41) is 13.3. The summed E-state index contributed by atoms with van der Waals surface area (Å²) in [6.45, 7) is 2.44. The Morgan fingerprint density at radius 3 is 2.51 bits per heavy atom. The van der Waals surface area contributed by atoms with Crippen LogP contribution in [0.25, 0.3) is 5.76 Å². The van der Waals surface area contributed by atoms with Gasteiger partial charge in [-0.3, -0.25) is 19.5 Å². The van der Waals surface area contributed by atoms with Crippen LogP contribution < -0.4 is 9.64 Å². The van der Waals surface area contributed by atoms with E-state index in [0.717, 1.165) is 11.1 Å². The number of pyridine rings is 1. The molecular weight excluding hydrogens is 462 g/mol. The van der Waals surface area contributed by atoms with Gasteiger partial charge in [0.2, 0.25) is 0 Å². The van der Waals surface area contributed by atoms with Crippen LogP contribution in [0.1, 0.15) is 28.3 Å². The number of anilines is 1. The molecule has 0 saturated carbocycles. The van der Waals surface area contributed by atoms with Gasteiger partial charge in [0.25, 0.3) is 5.78 Å². The minimum absolute atomic E-state index is 0.00447. The number of nitrogens with zero attached hydrogens (tertiary/aromatic N) is 3. The Labute approximate surface area is 206 Å². The Morgan fingerprint density at radius 2 is 1.83 bits per heavy atom. The minimum atomic E-state index is -0.818. The highest BCUT2D eigenvalue weighted by molar-refractivity contribution is 7.14. The van der Waals surface area contributed by atoms with Crippen LogP contribution in [-0.4, -0.2) is 26.8 Å². The fraction of sp³-hybridized carbons (Fsp3) is 0.111. The van der Waals surface area contributed by atoms with Crippen molar-refractivity contribution < 1.29 is 19.4 Å². The Bertz CT molecular complexity index is 1400. The van der Waals surface area contributed by atoms with Gasteiger partial charge in [-0.1, -0.05) is 29.8 Å². The van der Waals surface area contributed by atoms with E-state index in [2.05, 4.69) is 16.0 Å². The van der Waals surface area contributed by atoms with Gasteiger partial charge in [0, 0.05) is 29.5 Å². The first-order valence-electron chi connectivity index (χ1n) is 10.9. The molecule has 3 heterocycles. The molecule has 2 aromatic carbocycles. The number of Topliss-reactive ketones (excluding diaryl/α,β-unsaturated/α-hetero) is 1. The monoisotopic (exact) mass is 483 g/mol. The number of ether oxygens (including phenoxy) is 1. The molecule has 1 atom stereocenters. The van der Waals surface area contributed by atoms with E-state index < -0.39 is 17.7 Å². The van der Waals surface area contributed by atoms with Gasteiger partial charge in [-0.15, -0.1) is 11.3 Å². The second-order valence-corrected chi connectivity index (χ2v) is 8.94. The first-order valence-corrected chi connectivity index (χ1v) is 11.8. The van der Waals surface area contributed by atoms with Crippen LogP contribution >= 0.6 is 11.3 Å². The quantitative estimate of drug-likeness (QED) is 0.234. The van der Waals surface area contributed by atoms with Crippen LogP contribution in [0.4, 0.5) is 5.13 Å². The van der Waals surface area contributed by atoms with Crippen molar-refractivity contribution in [1.29, 1.82) is 0 Å². The molecule has 35 heavy (non-hydrogen) atoms. The van der Waals surface area contributed by atoms with Gasteiger partial charge in [-0.2, -0.15) is 0 Å². The van der Waals surface area contributed by atoms with E-state index in [0.29, 0.717) is 28.6 Å². The van der Waals surface area contributed by atoms with Crippen molar-refractivity contribution in [1.82, 2.24) is 9.97 Å². The largest absolute Gasteiger partial charge is 0.507 e. The Kier molecular flexibility index (Phi) is 6.12. The van der Waals surface area contributed by atoms with Crippen LogP contribution in [0.3, 0.4) is 0 Å². The summed E-state index contributed by atoms with van der Waals surface area (Å²) in [6, 6.07) is 17.5. The summed E-state index contributed by atoms with van der Waals surface area (Å²) >= 11 is 1.25. The number of thiazole rings is 1. The molecule has 174 valence electrons. The van der Waals surface area contributed by atoms with Gasteiger partial charge in [-0.25, -0.2) is 4.98 Å². The lowest BCUT2D eigenvalue weighted by Crippen LogP contribution is -2.29. The lowest BCUT2D eigenvalue weighted by molar-refractivity contribution is -0.132. The molecule has 8 heteroatoms. The van der Waals surface area contributed by atoms with E-state index in [1.54, 1.807) is 60.4 Å². The number of ketones is 1. The normalized spacial score (nSPS) is 17.1. The average Bonchev–Trinajstić information content (AvgIpc) is 3.50. The van der Waals surface area contributed by atoms with Crippen molar-refractivity contribution in [3.8, 4) is 5.75 Å². The van der Waals surface area contributed by atoms with E-state index in [1.165, 1.54) is 16.2 Å². The maximum absolute atomic E-state index is 13.1. The first kappa shape index (κ1) is 22.5. The van der Waals surface area contributed by atoms with Crippen molar-refractivity contribution in [3.05, 3.63) is 112 Å². The third-order valence-corrected chi connectivity index (χ3v) is 6.48. The zero-order chi connectivity index (χ0) is 24.4. The molecule has 0 radical (unpaired) electrons. The summed E-state index contributed by atoms with van der Waals surface area (Å²) in [7, 11) is 0. The fourth-order valence-corrected chi connectivity index (χ4v) is 4.73. The number of carbonyl (C=O) groups excluding carboxylic acids is 2. The van der Waals surface area contributed by atoms with Crippen molar-refractivity contribution in [2.24, 2.45) is 0 Å². The summed E-state index contributed by atoms with van der Waals surface area (Å²) in [5.41, 5.74) is 3.27. The summed E-state index contributed by atoms with van der Waals surface area (Å²) in [5.74, 6) is -1.13. The van der Waals surface area contributed by atoms with Crippen LogP contribution in [0.15, 0.2) is 90.2 Å². The maximum atomic E-state index is 13.1. The van der Waals surface area contributed by atoms with Gasteiger partial charge in [0.1, 0.15) is 18.1 Å². The molecule has 1 fully saturated rings. The zero-order valence-electron chi connectivity index (χ0n) is 18.8. The Hall–Kier alpha value is -4.30. The van der Waals surface area contributed by atoms with Gasteiger partial charge < -0.3 is 9.84 Å². The van der Waals surface area contributed by atoms with E-state index in [4.69, 9.17) is 4.74 Å². The number of amides is 1. The third-order valence-electron chi connectivity index (χ3n) is 5.71. The SMILES string of the molecule is Cc1cccc(COc2ccc(/C(O)=C3/C(=O)C(=O)N(c4nccs4)C3c3ccncc3)cc2)c1. The first-order chi connectivity index (χ1) is 17.0. The zero-order valence-corrected chi connectivity index (χ0v) is 19.6. The standard InChI is InChI=1S/C27H21N3O4S/c1-17-3-2-4-18(15-17)16-34-21-7-5-20(6-8-21)24(31)22-23(19-9-11-28-12-10-19)30(26(33)25(22)32)27-29-13-14-35-27/h2-15,23,31H,16H2,1H3/b24-22-. The molecule has 1 aliphatic heterocycles. The number of hydrogen-bond acceptors (Lipinski definition) is 7. The van der Waals surface area contributed by atoms with Crippen LogP contribution in [-0.2, 0) is 16.2 Å². The number of rotatable bonds is 6. The molecule has 2 aromatic heterocycles. The van der Waals surface area contributed by atoms with Crippen molar-refractivity contribution in [2.75, 3.05) is 4.90 Å². The van der Waals surface area contributed by atoms with Crippen LogP contribution in [0.5, 0.6) is 5.75 Å². The molecule has 1 saturated heterocycles. The molecule has 1 unspecified atom stereocenters. The minimum Gasteiger partial charge on any atom is -0.507 e. The molecule has 1 amide bonds. The van der Waals surface area contributed by atoms with Gasteiger partial charge >= 0.3 is 5.91 Å². The molecule has 1 aliphatic rings. The number of aliphatic hydroxyl groups excluding tert-OH is 1. The molecule has 0 spiro atoms. The molecule has 7 nitrogen and oxygen atoms in total. The predicted octanol–water partition coefficient (Wildman–Crippen LogP) is 5.05. The molecule has 5 rings (SSSR count). The van der Waals surface area contributed by atoms with E-state index in [9.17, 15) is 14.7 Å². The molecular formula is C27H21N3O4S. The maximum Gasteiger partial charge on any atom is 0.301 e. The van der Waals surface area contributed by atoms with Gasteiger partial charge in [0.15, 0.2) is 5.13 Å². The van der Waals surface area contributed by atoms with Crippen molar-refractivity contribution in [3.63, 3.8) is 0 Å². The second-order valence-electron chi connectivity index (χ2n) is 8.07. The van der Waals surface area contributed by atoms with Gasteiger partial charge in [-0.05, 0) is 54.4 Å². The number of aromatic nitrogens is 2. The second kappa shape index (κ2) is 9.52. The highest BCUT2D eigenvalue weighted by atomic mass is 32.1. The molecule has 1 N–H and O–H groups in total. The van der Waals surface area contributed by atoms with E-state index in [-0.39, 0.29) is 11.3 Å². The van der Waals surface area contributed by atoms with Gasteiger partial charge in [0.05, 0.1) is 11.6 Å². The van der Waals surface area contributed by atoms with Crippen molar-refractivity contribution in [2.45, 2.75) is 19.6 Å². The summed E-state index contributed by atoms with van der Waals surface area (Å²) in [6.07, 6.45) is 4.73. The molecule has 0 bridgehead atoms. The lowest BCUT2D eigenvalue weighted by Gasteiger charge is -2.22. The molecule has 4 aromatic rings. The third kappa shape index (κ3) is 4.43. The van der Waals surface area contributed by atoms with Crippen LogP contribution in [0, 0.1) is 6.92 Å². The Balaban J connectivity index is 1.47. The fourth-order valence-electron chi connectivity index (χ4n) is 4.06. The highest BCUT2D eigenvalue weighted by Gasteiger charge is 2.47. The number of carbonyl (C=O) groups is 2. The number of aryl methyl sites for hydroxylation is 1. The smallest absolute Gasteiger partial charge is 0.301 e. The average molecular weight is 484 g/mol. The van der Waals surface area contributed by atoms with E-state index >= 15 is 0 Å². The number of hydrogen-bond donors (Lipinski definition) is 1. The van der Waals surface area contributed by atoms with E-state index in [1.807, 2.05) is 25.1 Å². The number of aliphatic hydroxyl groups is 1. The highest BCUT2D eigenvalue weighted by Crippen LogP contribution is 2.42. The molecule has 0 aliphatic carbocycles. The van der Waals surface area contributed by atoms with Crippen LogP contribution in [0.2, 0.25) is 0 Å². The topological polar surface area (TPSA) is 92.6 Å². The number of benzene rings is 2. The lowest BCUT2D eigenvalue weighted by atomic mass is 9.96. The Morgan fingerprint density at radius 1 is 1.06 bits per heavy atom. The summed E-state index contributed by atoms with van der Waals surface area (Å²) in [4.78, 5) is 35.7. The summed E-state index contributed by atoms with van der Waals surface area (Å²) < 4.78 is 5.86. The predicted molar refractivity (Wildman–Crippen MR) is 133 cm³/mol. The van der Waals surface area contributed by atoms with Crippen molar-refractivity contribution >= 4 is 33.9 Å².